The van der Waals surface area contributed by atoms with Gasteiger partial charge in [-0.05, 0) is 29.3 Å². The molecule has 0 spiro atoms. The Labute approximate surface area is 226 Å². The Hall–Kier alpha value is -4.00. The van der Waals surface area contributed by atoms with Gasteiger partial charge in [-0.1, -0.05) is 90.5 Å². The fourth-order valence-corrected chi connectivity index (χ4v) is 5.31. The summed E-state index contributed by atoms with van der Waals surface area (Å²) in [5.41, 5.74) is 2.16. The average Bonchev–Trinajstić information content (AvgIpc) is 2.96. The summed E-state index contributed by atoms with van der Waals surface area (Å²) in [6, 6.07) is 30.5. The highest BCUT2D eigenvalue weighted by molar-refractivity contribution is 6.34. The molecule has 2 heterocycles. The van der Waals surface area contributed by atoms with Crippen LogP contribution < -0.4 is 5.56 Å². The van der Waals surface area contributed by atoms with Crippen LogP contribution in [0, 0.1) is 0 Å². The zero-order chi connectivity index (χ0) is 26.5. The Balaban J connectivity index is 1.41. The fraction of sp³-hybridized carbons (Fsp3) is 0.194. The number of nitrogens with zero attached hydrogens (tertiary/aromatic N) is 3. The van der Waals surface area contributed by atoms with Crippen LogP contribution in [0.25, 0.3) is 0 Å². The molecule has 7 heteroatoms. The summed E-state index contributed by atoms with van der Waals surface area (Å²) in [6.45, 7) is 2.11. The molecule has 38 heavy (non-hydrogen) atoms. The van der Waals surface area contributed by atoms with E-state index in [1.807, 2.05) is 36.4 Å². The first-order valence-corrected chi connectivity index (χ1v) is 13.0. The smallest absolute Gasteiger partial charge is 0.253 e. The van der Waals surface area contributed by atoms with Crippen LogP contribution in [0.5, 0.6) is 0 Å². The van der Waals surface area contributed by atoms with Crippen molar-refractivity contribution in [2.75, 3.05) is 26.2 Å². The number of aromatic nitrogens is 1. The SMILES string of the molecule is O=C(c1ccccc1Cl)C(C(=O)N1CCN(C(c2ccccc2)c2ccccc2)CC1)n1ccccc1=O. The number of hydrogen-bond acceptors (Lipinski definition) is 4. The molecule has 5 rings (SSSR count). The highest BCUT2D eigenvalue weighted by Crippen LogP contribution is 2.30. The van der Waals surface area contributed by atoms with E-state index in [-0.39, 0.29) is 16.6 Å². The average molecular weight is 526 g/mol. The molecular weight excluding hydrogens is 498 g/mol. The lowest BCUT2D eigenvalue weighted by molar-refractivity contribution is -0.135. The third-order valence-electron chi connectivity index (χ3n) is 6.97. The maximum atomic E-state index is 13.9. The number of carbonyl (C=O) groups is 2. The number of halogens is 1. The van der Waals surface area contributed by atoms with Crippen LogP contribution in [0.15, 0.2) is 114 Å². The molecule has 1 atom stereocenters. The van der Waals surface area contributed by atoms with E-state index in [0.29, 0.717) is 26.2 Å². The zero-order valence-electron chi connectivity index (χ0n) is 20.8. The van der Waals surface area contributed by atoms with Crippen molar-refractivity contribution in [3.05, 3.63) is 141 Å². The van der Waals surface area contributed by atoms with Crippen LogP contribution in [0.4, 0.5) is 0 Å². The van der Waals surface area contributed by atoms with Gasteiger partial charge in [-0.3, -0.25) is 23.9 Å². The third-order valence-corrected chi connectivity index (χ3v) is 7.30. The van der Waals surface area contributed by atoms with E-state index in [0.717, 1.165) is 0 Å². The molecule has 1 fully saturated rings. The van der Waals surface area contributed by atoms with Crippen molar-refractivity contribution >= 4 is 23.3 Å². The van der Waals surface area contributed by atoms with Gasteiger partial charge in [0.2, 0.25) is 0 Å². The van der Waals surface area contributed by atoms with Crippen LogP contribution >= 0.6 is 11.6 Å². The number of rotatable bonds is 7. The maximum absolute atomic E-state index is 13.9. The molecule has 4 aromatic rings. The van der Waals surface area contributed by atoms with Gasteiger partial charge < -0.3 is 4.90 Å². The van der Waals surface area contributed by atoms with Crippen molar-refractivity contribution in [2.45, 2.75) is 12.1 Å². The molecule has 1 unspecified atom stereocenters. The summed E-state index contributed by atoms with van der Waals surface area (Å²) in [5.74, 6) is -0.901. The predicted octanol–water partition coefficient (Wildman–Crippen LogP) is 4.86. The Morgan fingerprint density at radius 2 is 1.24 bits per heavy atom. The van der Waals surface area contributed by atoms with Crippen LogP contribution in [-0.2, 0) is 4.79 Å². The first kappa shape index (κ1) is 25.6. The second kappa shape index (κ2) is 11.6. The Bertz CT molecular complexity index is 1420. The van der Waals surface area contributed by atoms with Gasteiger partial charge in [0.05, 0.1) is 11.1 Å². The number of pyridine rings is 1. The molecule has 0 bridgehead atoms. The number of Topliss-reactive ketones (excluding diaryl/α,β-unsaturated/α-hetero) is 1. The summed E-state index contributed by atoms with van der Waals surface area (Å²) in [6.07, 6.45) is 1.48. The summed E-state index contributed by atoms with van der Waals surface area (Å²) >= 11 is 6.31. The molecule has 1 aliphatic rings. The zero-order valence-corrected chi connectivity index (χ0v) is 21.6. The van der Waals surface area contributed by atoms with Gasteiger partial charge in [0, 0.05) is 44.0 Å². The first-order valence-electron chi connectivity index (χ1n) is 12.6. The van der Waals surface area contributed by atoms with Crippen molar-refractivity contribution in [3.63, 3.8) is 0 Å². The predicted molar refractivity (Wildman–Crippen MR) is 148 cm³/mol. The van der Waals surface area contributed by atoms with Gasteiger partial charge in [-0.15, -0.1) is 0 Å². The van der Waals surface area contributed by atoms with E-state index in [4.69, 9.17) is 11.6 Å². The van der Waals surface area contributed by atoms with E-state index in [9.17, 15) is 14.4 Å². The van der Waals surface area contributed by atoms with Crippen LogP contribution in [0.2, 0.25) is 5.02 Å². The number of hydrogen-bond donors (Lipinski definition) is 0. The summed E-state index contributed by atoms with van der Waals surface area (Å²) in [7, 11) is 0. The minimum Gasteiger partial charge on any atom is -0.338 e. The van der Waals surface area contributed by atoms with E-state index < -0.39 is 23.3 Å². The molecule has 0 N–H and O–H groups in total. The highest BCUT2D eigenvalue weighted by Gasteiger charge is 2.36. The largest absolute Gasteiger partial charge is 0.338 e. The number of amides is 1. The lowest BCUT2D eigenvalue weighted by atomic mass is 9.96. The van der Waals surface area contributed by atoms with Crippen LogP contribution in [0.3, 0.4) is 0 Å². The number of benzene rings is 3. The summed E-state index contributed by atoms with van der Waals surface area (Å²) in [4.78, 5) is 44.3. The van der Waals surface area contributed by atoms with E-state index in [2.05, 4.69) is 29.2 Å². The summed E-state index contributed by atoms with van der Waals surface area (Å²) in [5, 5.41) is 0.248. The van der Waals surface area contributed by atoms with Gasteiger partial charge >= 0.3 is 0 Å². The quantitative estimate of drug-likeness (QED) is 0.255. The normalized spacial score (nSPS) is 14.8. The molecule has 0 radical (unpaired) electrons. The van der Waals surface area contributed by atoms with Crippen molar-refractivity contribution in [1.29, 1.82) is 0 Å². The maximum Gasteiger partial charge on any atom is 0.253 e. The van der Waals surface area contributed by atoms with Gasteiger partial charge in [-0.25, -0.2) is 0 Å². The minimum atomic E-state index is -1.32. The molecular formula is C31H28ClN3O3. The molecule has 1 saturated heterocycles. The molecule has 0 aliphatic carbocycles. The Morgan fingerprint density at radius 3 is 1.82 bits per heavy atom. The number of ketones is 1. The molecule has 1 aromatic heterocycles. The van der Waals surface area contributed by atoms with Crippen molar-refractivity contribution in [1.82, 2.24) is 14.4 Å². The first-order chi connectivity index (χ1) is 18.5. The lowest BCUT2D eigenvalue weighted by Crippen LogP contribution is -2.53. The van der Waals surface area contributed by atoms with Gasteiger partial charge in [0.15, 0.2) is 11.8 Å². The van der Waals surface area contributed by atoms with Gasteiger partial charge in [0.1, 0.15) is 0 Å². The molecule has 0 saturated carbocycles. The van der Waals surface area contributed by atoms with E-state index in [1.54, 1.807) is 41.3 Å². The molecule has 1 amide bonds. The molecule has 1 aliphatic heterocycles. The van der Waals surface area contributed by atoms with Gasteiger partial charge in [0.25, 0.3) is 11.5 Å². The standard InChI is InChI=1S/C31H28ClN3O3/c32-26-16-8-7-15-25(26)30(37)29(35-18-10-9-17-27(35)36)31(38)34-21-19-33(20-22-34)28(23-11-3-1-4-12-23)24-13-5-2-6-14-24/h1-18,28-29H,19-22H2. The number of carbonyl (C=O) groups excluding carboxylic acids is 2. The lowest BCUT2D eigenvalue weighted by Gasteiger charge is -2.40. The molecule has 192 valence electrons. The fourth-order valence-electron chi connectivity index (χ4n) is 5.08. The topological polar surface area (TPSA) is 62.6 Å². The minimum absolute atomic E-state index is 0.0481. The molecule has 6 nitrogen and oxygen atoms in total. The van der Waals surface area contributed by atoms with E-state index in [1.165, 1.54) is 28.0 Å². The van der Waals surface area contributed by atoms with Crippen molar-refractivity contribution < 1.29 is 9.59 Å². The second-order valence-corrected chi connectivity index (χ2v) is 9.69. The Kier molecular flexibility index (Phi) is 7.82. The highest BCUT2D eigenvalue weighted by atomic mass is 35.5. The summed E-state index contributed by atoms with van der Waals surface area (Å²) < 4.78 is 1.21. The van der Waals surface area contributed by atoms with Crippen molar-refractivity contribution in [3.8, 4) is 0 Å². The van der Waals surface area contributed by atoms with Crippen LogP contribution in [-0.4, -0.2) is 52.2 Å². The molecule has 3 aromatic carbocycles. The second-order valence-electron chi connectivity index (χ2n) is 9.28. The van der Waals surface area contributed by atoms with Crippen LogP contribution in [0.1, 0.15) is 33.6 Å². The monoisotopic (exact) mass is 525 g/mol. The van der Waals surface area contributed by atoms with Gasteiger partial charge in [-0.2, -0.15) is 0 Å². The Morgan fingerprint density at radius 1 is 0.684 bits per heavy atom. The van der Waals surface area contributed by atoms with Crippen molar-refractivity contribution in [2.24, 2.45) is 0 Å². The third kappa shape index (κ3) is 5.32. The van der Waals surface area contributed by atoms with E-state index >= 15 is 0 Å². The number of piperazine rings is 1.